The molecule has 0 aromatic heterocycles. The number of hydrogen-bond acceptors (Lipinski definition) is 5. The fourth-order valence-electron chi connectivity index (χ4n) is 3.16. The first-order valence-corrected chi connectivity index (χ1v) is 10.9. The predicted molar refractivity (Wildman–Crippen MR) is 118 cm³/mol. The molecule has 1 aliphatic rings. The number of carbonyl (C=O) groups excluding carboxylic acids is 3. The van der Waals surface area contributed by atoms with Crippen molar-refractivity contribution in [3.05, 3.63) is 29.3 Å². The summed E-state index contributed by atoms with van der Waals surface area (Å²) >= 11 is 5.86. The van der Waals surface area contributed by atoms with Gasteiger partial charge in [-0.25, -0.2) is 4.79 Å². The van der Waals surface area contributed by atoms with E-state index < -0.39 is 17.8 Å². The lowest BCUT2D eigenvalue weighted by molar-refractivity contribution is -0.139. The highest BCUT2D eigenvalue weighted by Gasteiger charge is 2.27. The van der Waals surface area contributed by atoms with Crippen molar-refractivity contribution < 1.29 is 23.9 Å². The first-order valence-electron chi connectivity index (χ1n) is 10.5. The Bertz CT molecular complexity index is 755. The van der Waals surface area contributed by atoms with Crippen LogP contribution < -0.4 is 15.4 Å². The smallest absolute Gasteiger partial charge is 0.407 e. The van der Waals surface area contributed by atoms with Crippen molar-refractivity contribution in [2.45, 2.75) is 64.7 Å². The highest BCUT2D eigenvalue weighted by molar-refractivity contribution is 6.30. The Morgan fingerprint density at radius 3 is 2.35 bits per heavy atom. The van der Waals surface area contributed by atoms with E-state index in [9.17, 15) is 14.4 Å². The van der Waals surface area contributed by atoms with Crippen LogP contribution in [0.1, 0.15) is 47.0 Å². The summed E-state index contributed by atoms with van der Waals surface area (Å²) in [6, 6.07) is 6.89. The highest BCUT2D eigenvalue weighted by atomic mass is 35.5. The van der Waals surface area contributed by atoms with Gasteiger partial charge in [-0.1, -0.05) is 11.6 Å². The SMILES string of the molecule is CC(Oc1ccc(Cl)cc1)C(=O)N1CCC(NC(=O)CCNC(=O)OC(C)(C)C)CC1. The number of rotatable bonds is 7. The Labute approximate surface area is 188 Å². The third-order valence-corrected chi connectivity index (χ3v) is 4.92. The van der Waals surface area contributed by atoms with Gasteiger partial charge in [-0.05, 0) is 64.8 Å². The van der Waals surface area contributed by atoms with Crippen molar-refractivity contribution in [2.24, 2.45) is 0 Å². The van der Waals surface area contributed by atoms with E-state index in [1.54, 1.807) is 56.9 Å². The van der Waals surface area contributed by atoms with Crippen molar-refractivity contribution in [3.63, 3.8) is 0 Å². The average molecular weight is 454 g/mol. The molecule has 31 heavy (non-hydrogen) atoms. The molecule has 1 saturated heterocycles. The second kappa shape index (κ2) is 11.2. The Hall–Kier alpha value is -2.48. The minimum atomic E-state index is -0.605. The summed E-state index contributed by atoms with van der Waals surface area (Å²) in [5, 5.41) is 6.14. The molecule has 1 aliphatic heterocycles. The molecule has 2 rings (SSSR count). The maximum Gasteiger partial charge on any atom is 0.407 e. The molecule has 0 bridgehead atoms. The Kier molecular flexibility index (Phi) is 8.98. The van der Waals surface area contributed by atoms with E-state index in [1.165, 1.54) is 0 Å². The quantitative estimate of drug-likeness (QED) is 0.661. The van der Waals surface area contributed by atoms with E-state index >= 15 is 0 Å². The van der Waals surface area contributed by atoms with Crippen LogP contribution in [0.3, 0.4) is 0 Å². The number of likely N-dealkylation sites (tertiary alicyclic amines) is 1. The largest absolute Gasteiger partial charge is 0.481 e. The van der Waals surface area contributed by atoms with Gasteiger partial charge in [-0.2, -0.15) is 0 Å². The number of nitrogens with zero attached hydrogens (tertiary/aromatic N) is 1. The second-order valence-corrected chi connectivity index (χ2v) is 9.00. The van der Waals surface area contributed by atoms with E-state index in [2.05, 4.69) is 10.6 Å². The van der Waals surface area contributed by atoms with Gasteiger partial charge in [-0.3, -0.25) is 9.59 Å². The van der Waals surface area contributed by atoms with Crippen LogP contribution in [0.2, 0.25) is 5.02 Å². The van der Waals surface area contributed by atoms with Crippen molar-refractivity contribution in [1.82, 2.24) is 15.5 Å². The van der Waals surface area contributed by atoms with Gasteiger partial charge in [0.2, 0.25) is 5.91 Å². The number of benzene rings is 1. The number of carbonyl (C=O) groups is 3. The molecule has 8 nitrogen and oxygen atoms in total. The number of alkyl carbamates (subject to hydrolysis) is 1. The first kappa shape index (κ1) is 24.8. The van der Waals surface area contributed by atoms with Crippen LogP contribution in [-0.2, 0) is 14.3 Å². The molecule has 0 radical (unpaired) electrons. The van der Waals surface area contributed by atoms with Gasteiger partial charge in [0, 0.05) is 37.1 Å². The molecule has 0 saturated carbocycles. The zero-order valence-corrected chi connectivity index (χ0v) is 19.3. The molecule has 1 atom stereocenters. The molecular formula is C22H32ClN3O5. The van der Waals surface area contributed by atoms with Crippen LogP contribution in [0.25, 0.3) is 0 Å². The lowest BCUT2D eigenvalue weighted by Crippen LogP contribution is -2.49. The number of nitrogens with one attached hydrogen (secondary N) is 2. The average Bonchev–Trinajstić information content (AvgIpc) is 2.68. The van der Waals surface area contributed by atoms with Crippen molar-refractivity contribution in [1.29, 1.82) is 0 Å². The first-order chi connectivity index (χ1) is 14.5. The highest BCUT2D eigenvalue weighted by Crippen LogP contribution is 2.18. The second-order valence-electron chi connectivity index (χ2n) is 8.56. The monoisotopic (exact) mass is 453 g/mol. The fraction of sp³-hybridized carbons (Fsp3) is 0.591. The lowest BCUT2D eigenvalue weighted by atomic mass is 10.0. The molecule has 9 heteroatoms. The summed E-state index contributed by atoms with van der Waals surface area (Å²) in [5.41, 5.74) is -0.574. The van der Waals surface area contributed by atoms with E-state index in [0.29, 0.717) is 36.7 Å². The zero-order chi connectivity index (χ0) is 23.0. The Morgan fingerprint density at radius 2 is 1.77 bits per heavy atom. The van der Waals surface area contributed by atoms with Crippen LogP contribution in [-0.4, -0.2) is 60.2 Å². The Morgan fingerprint density at radius 1 is 1.16 bits per heavy atom. The third-order valence-electron chi connectivity index (χ3n) is 4.67. The third kappa shape index (κ3) is 9.04. The maximum absolute atomic E-state index is 12.6. The number of amides is 3. The van der Waals surface area contributed by atoms with E-state index in [-0.39, 0.29) is 30.8 Å². The van der Waals surface area contributed by atoms with E-state index in [1.807, 2.05) is 0 Å². The molecule has 1 aromatic carbocycles. The lowest BCUT2D eigenvalue weighted by Gasteiger charge is -2.33. The fourth-order valence-corrected chi connectivity index (χ4v) is 3.29. The van der Waals surface area contributed by atoms with Gasteiger partial charge in [0.05, 0.1) is 0 Å². The molecule has 0 spiro atoms. The van der Waals surface area contributed by atoms with Crippen LogP contribution in [0.5, 0.6) is 5.75 Å². The van der Waals surface area contributed by atoms with Crippen molar-refractivity contribution >= 4 is 29.5 Å². The molecule has 1 unspecified atom stereocenters. The number of halogens is 1. The Balaban J connectivity index is 1.67. The maximum atomic E-state index is 12.6. The molecule has 172 valence electrons. The molecule has 1 heterocycles. The molecule has 2 N–H and O–H groups in total. The zero-order valence-electron chi connectivity index (χ0n) is 18.6. The normalized spacial score (nSPS) is 15.7. The van der Waals surface area contributed by atoms with E-state index in [0.717, 1.165) is 0 Å². The van der Waals surface area contributed by atoms with Gasteiger partial charge in [0.1, 0.15) is 11.4 Å². The van der Waals surface area contributed by atoms with Gasteiger partial charge in [-0.15, -0.1) is 0 Å². The van der Waals surface area contributed by atoms with Crippen LogP contribution in [0.15, 0.2) is 24.3 Å². The minimum absolute atomic E-state index is 0.00515. The summed E-state index contributed by atoms with van der Waals surface area (Å²) in [7, 11) is 0. The topological polar surface area (TPSA) is 97.0 Å². The molecule has 3 amide bonds. The molecule has 1 aromatic rings. The van der Waals surface area contributed by atoms with Gasteiger partial charge in [0.25, 0.3) is 5.91 Å². The van der Waals surface area contributed by atoms with Crippen molar-refractivity contribution in [3.8, 4) is 5.75 Å². The van der Waals surface area contributed by atoms with Crippen LogP contribution in [0, 0.1) is 0 Å². The summed E-state index contributed by atoms with van der Waals surface area (Å²) in [6.45, 7) is 8.37. The summed E-state index contributed by atoms with van der Waals surface area (Å²) in [6.07, 6.45) is 0.368. The summed E-state index contributed by atoms with van der Waals surface area (Å²) in [5.74, 6) is 0.369. The summed E-state index contributed by atoms with van der Waals surface area (Å²) < 4.78 is 10.8. The summed E-state index contributed by atoms with van der Waals surface area (Å²) in [4.78, 5) is 38.1. The predicted octanol–water partition coefficient (Wildman–Crippen LogP) is 3.13. The van der Waals surface area contributed by atoms with E-state index in [4.69, 9.17) is 21.1 Å². The number of piperidine rings is 1. The molecule has 1 fully saturated rings. The van der Waals surface area contributed by atoms with Gasteiger partial charge in [0.15, 0.2) is 6.10 Å². The van der Waals surface area contributed by atoms with Crippen LogP contribution in [0.4, 0.5) is 4.79 Å². The van der Waals surface area contributed by atoms with Crippen molar-refractivity contribution in [2.75, 3.05) is 19.6 Å². The molecular weight excluding hydrogens is 422 g/mol. The van der Waals surface area contributed by atoms with Gasteiger partial charge >= 0.3 is 6.09 Å². The molecule has 0 aliphatic carbocycles. The minimum Gasteiger partial charge on any atom is -0.481 e. The van der Waals surface area contributed by atoms with Gasteiger partial charge < -0.3 is 25.0 Å². The number of ether oxygens (including phenoxy) is 2. The standard InChI is InChI=1S/C22H32ClN3O5/c1-15(30-18-7-5-16(23)6-8-18)20(28)26-13-10-17(11-14-26)25-19(27)9-12-24-21(29)31-22(2,3)4/h5-8,15,17H,9-14H2,1-4H3,(H,24,29)(H,25,27). The number of hydrogen-bond donors (Lipinski definition) is 2. The van der Waals surface area contributed by atoms with Crippen LogP contribution >= 0.6 is 11.6 Å².